The maximum absolute atomic E-state index is 7.13. The second-order valence-electron chi connectivity index (χ2n) is 14.8. The summed E-state index contributed by atoms with van der Waals surface area (Å²) in [5, 5.41) is 6.69. The monoisotopic (exact) mass is 716 g/mol. The molecule has 8 aromatic carbocycles. The summed E-state index contributed by atoms with van der Waals surface area (Å²) < 4.78 is 7.13. The van der Waals surface area contributed by atoms with Crippen molar-refractivity contribution in [2.75, 3.05) is 9.80 Å². The number of hydrogen-bond acceptors (Lipinski definition) is 3. The lowest BCUT2D eigenvalue weighted by Gasteiger charge is -2.50. The van der Waals surface area contributed by atoms with Gasteiger partial charge in [0.25, 0.3) is 6.71 Å². The SMILES string of the molecule is c1ccc(-c2cc3c4c(c2)N(c2ccccc2)c2c(oc5ccccc25)B4c2cccc4c2N3c2ccccc2[Si]4(c2ccccc2)c2ccccc2)cc1. The normalized spacial score (nSPS) is 14.2. The molecule has 0 spiro atoms. The average molecular weight is 717 g/mol. The second kappa shape index (κ2) is 11.6. The third-order valence-corrected chi connectivity index (χ3v) is 16.9. The Morgan fingerprint density at radius 3 is 1.75 bits per heavy atom. The van der Waals surface area contributed by atoms with Gasteiger partial charge in [0.05, 0.1) is 11.3 Å². The minimum Gasteiger partial charge on any atom is -0.468 e. The molecule has 0 radical (unpaired) electrons. The maximum Gasteiger partial charge on any atom is 0.297 e. The second-order valence-corrected chi connectivity index (χ2v) is 18.5. The Morgan fingerprint density at radius 2 is 1.02 bits per heavy atom. The van der Waals surface area contributed by atoms with Crippen molar-refractivity contribution in [3.8, 4) is 11.1 Å². The number of para-hydroxylation sites is 4. The lowest BCUT2D eigenvalue weighted by atomic mass is 9.35. The minimum absolute atomic E-state index is 0.119. The molecular formula is C50H33BN2OSi. The molecule has 4 heterocycles. The molecule has 5 heteroatoms. The highest BCUT2D eigenvalue weighted by Crippen LogP contribution is 2.48. The number of fused-ring (bicyclic) bond motifs is 8. The minimum atomic E-state index is -2.84. The molecule has 0 aliphatic carbocycles. The van der Waals surface area contributed by atoms with Crippen LogP contribution in [0.1, 0.15) is 0 Å². The van der Waals surface area contributed by atoms with Gasteiger partial charge in [-0.25, -0.2) is 0 Å². The van der Waals surface area contributed by atoms with Gasteiger partial charge in [0.15, 0.2) is 8.07 Å². The van der Waals surface area contributed by atoms with Gasteiger partial charge in [0.2, 0.25) is 0 Å². The van der Waals surface area contributed by atoms with Crippen LogP contribution >= 0.6 is 0 Å². The van der Waals surface area contributed by atoms with Gasteiger partial charge in [0.1, 0.15) is 5.58 Å². The van der Waals surface area contributed by atoms with Crippen LogP contribution in [0.3, 0.4) is 0 Å². The van der Waals surface area contributed by atoms with Crippen LogP contribution in [-0.2, 0) is 0 Å². The molecule has 3 aliphatic heterocycles. The molecule has 12 rings (SSSR count). The van der Waals surface area contributed by atoms with Gasteiger partial charge in [-0.15, -0.1) is 0 Å². The van der Waals surface area contributed by atoms with Crippen molar-refractivity contribution in [3.63, 3.8) is 0 Å². The van der Waals surface area contributed by atoms with E-state index in [-0.39, 0.29) is 6.71 Å². The molecule has 55 heavy (non-hydrogen) atoms. The summed E-state index contributed by atoms with van der Waals surface area (Å²) in [5.41, 5.74) is 14.0. The molecular weight excluding hydrogens is 683 g/mol. The number of furan rings is 1. The molecule has 0 atom stereocenters. The Morgan fingerprint density at radius 1 is 0.436 bits per heavy atom. The highest BCUT2D eigenvalue weighted by Gasteiger charge is 2.54. The Hall–Kier alpha value is -6.82. The van der Waals surface area contributed by atoms with E-state index in [0.717, 1.165) is 28.0 Å². The molecule has 3 nitrogen and oxygen atoms in total. The third-order valence-electron chi connectivity index (χ3n) is 12.1. The number of hydrogen-bond donors (Lipinski definition) is 0. The first-order valence-corrected chi connectivity index (χ1v) is 21.1. The van der Waals surface area contributed by atoms with Crippen LogP contribution in [-0.4, -0.2) is 14.8 Å². The average Bonchev–Trinajstić information content (AvgIpc) is 3.65. The Labute approximate surface area is 321 Å². The van der Waals surface area contributed by atoms with E-state index >= 15 is 0 Å². The third kappa shape index (κ3) is 4.10. The summed E-state index contributed by atoms with van der Waals surface area (Å²) in [7, 11) is -2.84. The van der Waals surface area contributed by atoms with Crippen LogP contribution in [0.2, 0.25) is 0 Å². The quantitative estimate of drug-likeness (QED) is 0.173. The van der Waals surface area contributed by atoms with E-state index in [1.165, 1.54) is 65.5 Å². The fraction of sp³-hybridized carbons (Fsp3) is 0. The standard InChI is InChI=1S/C50H33BN2OSi/c1-5-18-34(19-6-1)35-32-42-47-43(33-35)53-41-28-14-16-30-45(41)55(37-22-9-3-10-23-37,38-24-11-4-12-25-38)46-31-17-27-40(49(46)53)51(47)50-48(39-26-13-15-29-44(39)54-50)52(42)36-20-7-2-8-21-36/h1-33H. The van der Waals surface area contributed by atoms with E-state index in [9.17, 15) is 0 Å². The van der Waals surface area contributed by atoms with Gasteiger partial charge in [-0.2, -0.15) is 0 Å². The molecule has 256 valence electrons. The summed E-state index contributed by atoms with van der Waals surface area (Å²) >= 11 is 0. The highest BCUT2D eigenvalue weighted by molar-refractivity contribution is 7.22. The van der Waals surface area contributed by atoms with Crippen molar-refractivity contribution < 1.29 is 4.42 Å². The first kappa shape index (κ1) is 30.6. The van der Waals surface area contributed by atoms with Crippen LogP contribution in [0.25, 0.3) is 22.1 Å². The van der Waals surface area contributed by atoms with Gasteiger partial charge < -0.3 is 14.2 Å². The number of anilines is 6. The molecule has 0 saturated heterocycles. The molecule has 0 bridgehead atoms. The molecule has 0 unspecified atom stereocenters. The Bertz CT molecular complexity index is 2910. The van der Waals surface area contributed by atoms with Gasteiger partial charge in [0, 0.05) is 33.8 Å². The number of benzene rings is 8. The molecule has 1 aromatic heterocycles. The molecule has 0 fully saturated rings. The van der Waals surface area contributed by atoms with Crippen molar-refractivity contribution in [2.45, 2.75) is 0 Å². The summed E-state index contributed by atoms with van der Waals surface area (Å²) in [5.74, 6) is 0. The predicted octanol–water partition coefficient (Wildman–Crippen LogP) is 7.87. The van der Waals surface area contributed by atoms with Crippen LogP contribution in [0, 0.1) is 0 Å². The van der Waals surface area contributed by atoms with E-state index in [1.54, 1.807) is 0 Å². The molecule has 9 aromatic rings. The van der Waals surface area contributed by atoms with E-state index in [1.807, 2.05) is 0 Å². The van der Waals surface area contributed by atoms with Crippen molar-refractivity contribution in [2.24, 2.45) is 0 Å². The molecule has 3 aliphatic rings. The summed E-state index contributed by atoms with van der Waals surface area (Å²) in [4.78, 5) is 5.07. The Kier molecular flexibility index (Phi) is 6.45. The smallest absolute Gasteiger partial charge is 0.297 e. The van der Waals surface area contributed by atoms with Gasteiger partial charge in [-0.05, 0) is 85.3 Å². The van der Waals surface area contributed by atoms with Crippen molar-refractivity contribution >= 4 is 97.2 Å². The summed E-state index contributed by atoms with van der Waals surface area (Å²) in [6.45, 7) is -0.119. The van der Waals surface area contributed by atoms with E-state index < -0.39 is 8.07 Å². The van der Waals surface area contributed by atoms with E-state index in [4.69, 9.17) is 4.42 Å². The lowest BCUT2D eigenvalue weighted by molar-refractivity contribution is 0.651. The topological polar surface area (TPSA) is 19.6 Å². The van der Waals surface area contributed by atoms with E-state index in [2.05, 4.69) is 210 Å². The first-order chi connectivity index (χ1) is 27.3. The maximum atomic E-state index is 7.13. The molecule has 0 saturated carbocycles. The zero-order chi connectivity index (χ0) is 36.1. The zero-order valence-electron chi connectivity index (χ0n) is 29.9. The van der Waals surface area contributed by atoms with Crippen molar-refractivity contribution in [1.29, 1.82) is 0 Å². The van der Waals surface area contributed by atoms with Gasteiger partial charge in [-0.3, -0.25) is 0 Å². The van der Waals surface area contributed by atoms with Crippen LogP contribution in [0.4, 0.5) is 34.1 Å². The highest BCUT2D eigenvalue weighted by atomic mass is 28.3. The summed E-state index contributed by atoms with van der Waals surface area (Å²) in [6.07, 6.45) is 0. The lowest BCUT2D eigenvalue weighted by Crippen LogP contribution is -2.79. The molecule has 0 amide bonds. The molecule has 0 N–H and O–H groups in total. The van der Waals surface area contributed by atoms with Gasteiger partial charge >= 0.3 is 0 Å². The first-order valence-electron chi connectivity index (χ1n) is 19.1. The van der Waals surface area contributed by atoms with Crippen molar-refractivity contribution in [1.82, 2.24) is 0 Å². The number of rotatable bonds is 4. The predicted molar refractivity (Wildman–Crippen MR) is 233 cm³/mol. The number of nitrogens with zero attached hydrogens (tertiary/aromatic N) is 2. The fourth-order valence-corrected chi connectivity index (χ4v) is 15.1. The fourth-order valence-electron chi connectivity index (χ4n) is 9.97. The van der Waals surface area contributed by atoms with Gasteiger partial charge in [-0.1, -0.05) is 158 Å². The van der Waals surface area contributed by atoms with Crippen LogP contribution < -0.4 is 47.1 Å². The van der Waals surface area contributed by atoms with Crippen LogP contribution in [0.15, 0.2) is 205 Å². The van der Waals surface area contributed by atoms with E-state index in [0.29, 0.717) is 0 Å². The Balaban J connectivity index is 1.27. The van der Waals surface area contributed by atoms with Crippen LogP contribution in [0.5, 0.6) is 0 Å². The zero-order valence-corrected chi connectivity index (χ0v) is 30.9. The summed E-state index contributed by atoms with van der Waals surface area (Å²) in [6, 6.07) is 74.0. The largest absolute Gasteiger partial charge is 0.468 e. The van der Waals surface area contributed by atoms with Crippen molar-refractivity contribution in [3.05, 3.63) is 200 Å².